The van der Waals surface area contributed by atoms with E-state index in [9.17, 15) is 13.2 Å². The van der Waals surface area contributed by atoms with Crippen molar-refractivity contribution in [2.75, 3.05) is 30.9 Å². The molecule has 4 aromatic rings. The Hall–Kier alpha value is -3.94. The number of sulfonamides is 1. The molecule has 0 bridgehead atoms. The van der Waals surface area contributed by atoms with Gasteiger partial charge in [-0.1, -0.05) is 84.4 Å². The average Bonchev–Trinajstić information content (AvgIpc) is 2.96. The van der Waals surface area contributed by atoms with Gasteiger partial charge in [0.15, 0.2) is 0 Å². The molecule has 7 heteroatoms. The minimum Gasteiger partial charge on any atom is -0.336 e. The Morgan fingerprint density at radius 3 is 1.90 bits per heavy atom. The monoisotopic (exact) mass is 553 g/mol. The van der Waals surface area contributed by atoms with E-state index in [0.29, 0.717) is 43.0 Å². The van der Waals surface area contributed by atoms with E-state index in [2.05, 4.69) is 58.2 Å². The molecule has 0 saturated carbocycles. The van der Waals surface area contributed by atoms with E-state index in [1.807, 2.05) is 43.0 Å². The molecule has 5 rings (SSSR count). The zero-order valence-corrected chi connectivity index (χ0v) is 24.0. The maximum Gasteiger partial charge on any atom is 0.262 e. The predicted molar refractivity (Wildman–Crippen MR) is 160 cm³/mol. The first kappa shape index (κ1) is 27.6. The number of piperazine rings is 1. The van der Waals surface area contributed by atoms with Crippen molar-refractivity contribution in [3.63, 3.8) is 0 Å². The molecule has 1 aliphatic heterocycles. The van der Waals surface area contributed by atoms with Gasteiger partial charge in [-0.3, -0.25) is 14.4 Å². The second kappa shape index (κ2) is 11.7. The number of carbonyl (C=O) groups is 1. The number of amides is 1. The quantitative estimate of drug-likeness (QED) is 0.307. The van der Waals surface area contributed by atoms with Gasteiger partial charge in [0.2, 0.25) is 0 Å². The van der Waals surface area contributed by atoms with Gasteiger partial charge in [-0.2, -0.15) is 0 Å². The number of aryl methyl sites for hydroxylation is 3. The van der Waals surface area contributed by atoms with E-state index in [4.69, 9.17) is 0 Å². The van der Waals surface area contributed by atoms with Crippen LogP contribution in [-0.2, 0) is 10.0 Å². The lowest BCUT2D eigenvalue weighted by molar-refractivity contribution is 0.0597. The molecule has 40 heavy (non-hydrogen) atoms. The minimum absolute atomic E-state index is 0.104. The standard InChI is InChI=1S/C33H35N3O3S/c1-24-14-17-30(26(3)22-24)34-40(38,39)31-23-29(16-15-25(31)2)33(37)36-20-18-35(19-21-36)32(27-10-6-4-7-11-27)28-12-8-5-9-13-28/h4-17,22-23,32,34H,18-21H2,1-3H3. The van der Waals surface area contributed by atoms with Crippen LogP contribution in [-0.4, -0.2) is 50.3 Å². The van der Waals surface area contributed by atoms with Crippen LogP contribution in [0.1, 0.15) is 44.2 Å². The molecule has 1 fully saturated rings. The third-order valence-electron chi connectivity index (χ3n) is 7.55. The highest BCUT2D eigenvalue weighted by atomic mass is 32.2. The minimum atomic E-state index is -3.88. The Kier molecular flexibility index (Phi) is 8.05. The number of carbonyl (C=O) groups excluding carboxylic acids is 1. The highest BCUT2D eigenvalue weighted by molar-refractivity contribution is 7.92. The summed E-state index contributed by atoms with van der Waals surface area (Å²) in [6.07, 6.45) is 0. The van der Waals surface area contributed by atoms with Crippen LogP contribution in [0.4, 0.5) is 5.69 Å². The normalized spacial score (nSPS) is 14.3. The highest BCUT2D eigenvalue weighted by Crippen LogP contribution is 2.30. The van der Waals surface area contributed by atoms with Gasteiger partial charge in [-0.15, -0.1) is 0 Å². The number of nitrogens with zero attached hydrogens (tertiary/aromatic N) is 2. The third-order valence-corrected chi connectivity index (χ3v) is 9.06. The van der Waals surface area contributed by atoms with E-state index in [-0.39, 0.29) is 16.8 Å². The topological polar surface area (TPSA) is 69.7 Å². The van der Waals surface area contributed by atoms with Gasteiger partial charge in [-0.05, 0) is 61.2 Å². The largest absolute Gasteiger partial charge is 0.336 e. The molecule has 0 aromatic heterocycles. The molecule has 1 N–H and O–H groups in total. The van der Waals surface area contributed by atoms with E-state index in [0.717, 1.165) is 11.1 Å². The lowest BCUT2D eigenvalue weighted by Crippen LogP contribution is -2.49. The maximum absolute atomic E-state index is 13.5. The van der Waals surface area contributed by atoms with Crippen LogP contribution in [0.3, 0.4) is 0 Å². The molecule has 1 saturated heterocycles. The SMILES string of the molecule is Cc1ccc(NS(=O)(=O)c2cc(C(=O)N3CCN(C(c4ccccc4)c4ccccc4)CC3)ccc2C)c(C)c1. The summed E-state index contributed by atoms with van der Waals surface area (Å²) in [6, 6.07) is 31.5. The first-order valence-corrected chi connectivity index (χ1v) is 15.1. The zero-order valence-electron chi connectivity index (χ0n) is 23.2. The van der Waals surface area contributed by atoms with Crippen LogP contribution >= 0.6 is 0 Å². The molecule has 4 aromatic carbocycles. The van der Waals surface area contributed by atoms with Crippen LogP contribution in [0.25, 0.3) is 0 Å². The van der Waals surface area contributed by atoms with Crippen molar-refractivity contribution in [1.29, 1.82) is 0 Å². The second-order valence-corrected chi connectivity index (χ2v) is 12.1. The van der Waals surface area contributed by atoms with Gasteiger partial charge >= 0.3 is 0 Å². The Morgan fingerprint density at radius 1 is 0.725 bits per heavy atom. The van der Waals surface area contributed by atoms with Crippen molar-refractivity contribution in [2.24, 2.45) is 0 Å². The van der Waals surface area contributed by atoms with E-state index < -0.39 is 10.0 Å². The summed E-state index contributed by atoms with van der Waals surface area (Å²) < 4.78 is 29.4. The first-order valence-electron chi connectivity index (χ1n) is 13.6. The predicted octanol–water partition coefficient (Wildman–Crippen LogP) is 5.96. The van der Waals surface area contributed by atoms with Gasteiger partial charge in [-0.25, -0.2) is 8.42 Å². The van der Waals surface area contributed by atoms with Gasteiger partial charge < -0.3 is 4.90 Å². The molecule has 1 amide bonds. The van der Waals surface area contributed by atoms with Crippen LogP contribution in [0.15, 0.2) is 102 Å². The number of nitrogens with one attached hydrogen (secondary N) is 1. The van der Waals surface area contributed by atoms with E-state index in [1.165, 1.54) is 17.2 Å². The maximum atomic E-state index is 13.5. The second-order valence-electron chi connectivity index (χ2n) is 10.5. The van der Waals surface area contributed by atoms with Gasteiger partial charge in [0.1, 0.15) is 0 Å². The molecule has 206 valence electrons. The van der Waals surface area contributed by atoms with Crippen molar-refractivity contribution in [3.05, 3.63) is 130 Å². The third kappa shape index (κ3) is 5.96. The summed E-state index contributed by atoms with van der Waals surface area (Å²) in [6.45, 7) is 8.14. The van der Waals surface area contributed by atoms with E-state index >= 15 is 0 Å². The summed E-state index contributed by atoms with van der Waals surface area (Å²) in [4.78, 5) is 17.9. The number of anilines is 1. The molecular weight excluding hydrogens is 518 g/mol. The molecule has 0 unspecified atom stereocenters. The number of hydrogen-bond acceptors (Lipinski definition) is 4. The van der Waals surface area contributed by atoms with E-state index in [1.54, 1.807) is 25.1 Å². The first-order chi connectivity index (χ1) is 19.2. The van der Waals surface area contributed by atoms with Crippen LogP contribution in [0.2, 0.25) is 0 Å². The lowest BCUT2D eigenvalue weighted by atomic mass is 9.96. The number of hydrogen-bond donors (Lipinski definition) is 1. The van der Waals surface area contributed by atoms with Crippen LogP contribution in [0, 0.1) is 20.8 Å². The highest BCUT2D eigenvalue weighted by Gasteiger charge is 2.29. The Bertz CT molecular complexity index is 1560. The summed E-state index contributed by atoms with van der Waals surface area (Å²) >= 11 is 0. The Morgan fingerprint density at radius 2 is 1.32 bits per heavy atom. The average molecular weight is 554 g/mol. The summed E-state index contributed by atoms with van der Waals surface area (Å²) in [5.74, 6) is -0.154. The van der Waals surface area contributed by atoms with Crippen molar-refractivity contribution in [3.8, 4) is 0 Å². The summed E-state index contributed by atoms with van der Waals surface area (Å²) in [5.41, 5.74) is 5.84. The molecule has 6 nitrogen and oxygen atoms in total. The fraction of sp³-hybridized carbons (Fsp3) is 0.242. The fourth-order valence-electron chi connectivity index (χ4n) is 5.40. The van der Waals surface area contributed by atoms with Crippen molar-refractivity contribution in [1.82, 2.24) is 9.80 Å². The zero-order chi connectivity index (χ0) is 28.3. The van der Waals surface area contributed by atoms with Crippen LogP contribution in [0.5, 0.6) is 0 Å². The van der Waals surface area contributed by atoms with Gasteiger partial charge in [0.25, 0.3) is 15.9 Å². The fourth-order valence-corrected chi connectivity index (χ4v) is 6.80. The molecule has 0 radical (unpaired) electrons. The molecule has 1 heterocycles. The molecule has 0 aliphatic carbocycles. The van der Waals surface area contributed by atoms with Gasteiger partial charge in [0, 0.05) is 31.7 Å². The molecule has 0 spiro atoms. The molecule has 1 aliphatic rings. The van der Waals surface area contributed by atoms with Gasteiger partial charge in [0.05, 0.1) is 16.6 Å². The molecular formula is C33H35N3O3S. The molecule has 0 atom stereocenters. The Labute approximate surface area is 237 Å². The van der Waals surface area contributed by atoms with Crippen molar-refractivity contribution < 1.29 is 13.2 Å². The number of benzene rings is 4. The summed E-state index contributed by atoms with van der Waals surface area (Å²) in [5, 5.41) is 0. The van der Waals surface area contributed by atoms with Crippen molar-refractivity contribution in [2.45, 2.75) is 31.7 Å². The smallest absolute Gasteiger partial charge is 0.262 e. The van der Waals surface area contributed by atoms with Crippen LogP contribution < -0.4 is 4.72 Å². The summed E-state index contributed by atoms with van der Waals surface area (Å²) in [7, 11) is -3.88. The van der Waals surface area contributed by atoms with Crippen molar-refractivity contribution >= 4 is 21.6 Å². The number of rotatable bonds is 7. The Balaban J connectivity index is 1.33. The lowest BCUT2D eigenvalue weighted by Gasteiger charge is -2.40.